The van der Waals surface area contributed by atoms with E-state index in [0.717, 1.165) is 12.5 Å². The quantitative estimate of drug-likeness (QED) is 0.625. The highest BCUT2D eigenvalue weighted by molar-refractivity contribution is 5.80. The molecule has 2 N–H and O–H groups in total. The van der Waals surface area contributed by atoms with Gasteiger partial charge in [0.1, 0.15) is 0 Å². The third-order valence-electron chi connectivity index (χ3n) is 3.60. The van der Waals surface area contributed by atoms with Crippen LogP contribution >= 0.6 is 0 Å². The third-order valence-corrected chi connectivity index (χ3v) is 3.60. The van der Waals surface area contributed by atoms with Crippen molar-refractivity contribution in [2.45, 2.75) is 39.2 Å². The molecule has 4 heteroatoms. The predicted octanol–water partition coefficient (Wildman–Crippen LogP) is 2.47. The van der Waals surface area contributed by atoms with E-state index in [1.54, 1.807) is 14.2 Å². The van der Waals surface area contributed by atoms with Gasteiger partial charge in [-0.25, -0.2) is 0 Å². The molecule has 0 fully saturated rings. The first-order chi connectivity index (χ1) is 9.90. The molecule has 0 amide bonds. The summed E-state index contributed by atoms with van der Waals surface area (Å²) in [7, 11) is 3.49. The van der Waals surface area contributed by atoms with Crippen molar-refractivity contribution >= 4 is 5.96 Å². The highest BCUT2D eigenvalue weighted by Crippen LogP contribution is 2.25. The Hall–Kier alpha value is -1.55. The van der Waals surface area contributed by atoms with Gasteiger partial charge in [-0.2, -0.15) is 0 Å². The second kappa shape index (κ2) is 8.03. The van der Waals surface area contributed by atoms with Gasteiger partial charge in [-0.15, -0.1) is 0 Å². The van der Waals surface area contributed by atoms with Crippen LogP contribution in [0.2, 0.25) is 0 Å². The first-order valence-corrected chi connectivity index (χ1v) is 7.43. The number of benzene rings is 1. The molecule has 1 aromatic carbocycles. The number of nitrogens with zero attached hydrogens (tertiary/aromatic N) is 1. The molecule has 0 spiro atoms. The van der Waals surface area contributed by atoms with Crippen LogP contribution in [0.25, 0.3) is 0 Å². The molecular weight excluding hydrogens is 262 g/mol. The fourth-order valence-electron chi connectivity index (χ4n) is 2.45. The van der Waals surface area contributed by atoms with Gasteiger partial charge in [0.2, 0.25) is 0 Å². The van der Waals surface area contributed by atoms with Gasteiger partial charge in [0.25, 0.3) is 0 Å². The number of aliphatic imine (C=N–C) groups is 1. The highest BCUT2D eigenvalue weighted by Gasteiger charge is 2.22. The molecule has 0 aliphatic rings. The van der Waals surface area contributed by atoms with E-state index < -0.39 is 0 Å². The standard InChI is InChI=1S/C17H29N3O/c1-13-9-7-8-10-15(13)17(3,4)12-19-16(18-5)20-14(2)11-21-6/h7-10,14H,11-12H2,1-6H3,(H2,18,19,20). The molecule has 1 aromatic rings. The minimum atomic E-state index is 0.0352. The Balaban J connectivity index is 2.65. The van der Waals surface area contributed by atoms with E-state index in [1.165, 1.54) is 11.1 Å². The molecule has 0 aromatic heterocycles. The van der Waals surface area contributed by atoms with Gasteiger partial charge in [0, 0.05) is 32.2 Å². The lowest BCUT2D eigenvalue weighted by Gasteiger charge is -2.29. The number of methoxy groups -OCH3 is 1. The molecule has 0 heterocycles. The molecule has 0 aliphatic heterocycles. The molecule has 0 bridgehead atoms. The van der Waals surface area contributed by atoms with E-state index >= 15 is 0 Å². The molecule has 118 valence electrons. The smallest absolute Gasteiger partial charge is 0.191 e. The zero-order valence-corrected chi connectivity index (χ0v) is 14.2. The lowest BCUT2D eigenvalue weighted by atomic mass is 9.82. The molecule has 0 radical (unpaired) electrons. The van der Waals surface area contributed by atoms with Crippen molar-refractivity contribution in [2.75, 3.05) is 27.3 Å². The Labute approximate surface area is 129 Å². The summed E-state index contributed by atoms with van der Waals surface area (Å²) >= 11 is 0. The van der Waals surface area contributed by atoms with Gasteiger partial charge in [-0.3, -0.25) is 4.99 Å². The number of rotatable bonds is 6. The van der Waals surface area contributed by atoms with Crippen LogP contribution in [0.1, 0.15) is 31.9 Å². The van der Waals surface area contributed by atoms with Crippen molar-refractivity contribution in [1.29, 1.82) is 0 Å². The number of nitrogens with one attached hydrogen (secondary N) is 2. The lowest BCUT2D eigenvalue weighted by Crippen LogP contribution is -2.47. The van der Waals surface area contributed by atoms with Crippen molar-refractivity contribution in [2.24, 2.45) is 4.99 Å². The maximum Gasteiger partial charge on any atom is 0.191 e. The van der Waals surface area contributed by atoms with Gasteiger partial charge in [-0.05, 0) is 25.0 Å². The van der Waals surface area contributed by atoms with Crippen LogP contribution in [0, 0.1) is 6.92 Å². The fourth-order valence-corrected chi connectivity index (χ4v) is 2.45. The maximum atomic E-state index is 5.13. The average molecular weight is 291 g/mol. The van der Waals surface area contributed by atoms with Crippen LogP contribution in [0.15, 0.2) is 29.3 Å². The molecule has 1 atom stereocenters. The molecule has 0 aliphatic carbocycles. The summed E-state index contributed by atoms with van der Waals surface area (Å²) in [6.45, 7) is 10.2. The molecule has 21 heavy (non-hydrogen) atoms. The summed E-state index contributed by atoms with van der Waals surface area (Å²) in [6.07, 6.45) is 0. The van der Waals surface area contributed by atoms with Crippen LogP contribution in [-0.2, 0) is 10.2 Å². The van der Waals surface area contributed by atoms with E-state index in [0.29, 0.717) is 6.61 Å². The van der Waals surface area contributed by atoms with E-state index in [4.69, 9.17) is 4.74 Å². The number of aryl methyl sites for hydroxylation is 1. The van der Waals surface area contributed by atoms with Crippen LogP contribution in [0.3, 0.4) is 0 Å². The van der Waals surface area contributed by atoms with Crippen LogP contribution < -0.4 is 10.6 Å². The summed E-state index contributed by atoms with van der Waals surface area (Å²) in [5, 5.41) is 6.73. The van der Waals surface area contributed by atoms with Crippen molar-refractivity contribution < 1.29 is 4.74 Å². The Kier molecular flexibility index (Phi) is 6.69. The summed E-state index contributed by atoms with van der Waals surface area (Å²) in [5.74, 6) is 0.807. The van der Waals surface area contributed by atoms with Crippen LogP contribution in [0.4, 0.5) is 0 Å². The van der Waals surface area contributed by atoms with Crippen LogP contribution in [0.5, 0.6) is 0 Å². The van der Waals surface area contributed by atoms with Crippen molar-refractivity contribution in [3.63, 3.8) is 0 Å². The van der Waals surface area contributed by atoms with Crippen LogP contribution in [-0.4, -0.2) is 39.3 Å². The molecule has 0 saturated carbocycles. The summed E-state index contributed by atoms with van der Waals surface area (Å²) in [5.41, 5.74) is 2.71. The minimum Gasteiger partial charge on any atom is -0.383 e. The van der Waals surface area contributed by atoms with E-state index in [-0.39, 0.29) is 11.5 Å². The summed E-state index contributed by atoms with van der Waals surface area (Å²) in [4.78, 5) is 4.27. The summed E-state index contributed by atoms with van der Waals surface area (Å²) < 4.78 is 5.13. The second-order valence-electron chi connectivity index (χ2n) is 6.13. The lowest BCUT2D eigenvalue weighted by molar-refractivity contribution is 0.179. The Morgan fingerprint density at radius 3 is 2.57 bits per heavy atom. The average Bonchev–Trinajstić information content (AvgIpc) is 2.44. The fraction of sp³-hybridized carbons (Fsp3) is 0.588. The molecule has 1 unspecified atom stereocenters. The van der Waals surface area contributed by atoms with E-state index in [2.05, 4.69) is 67.6 Å². The monoisotopic (exact) mass is 291 g/mol. The zero-order chi connectivity index (χ0) is 15.9. The van der Waals surface area contributed by atoms with Gasteiger partial charge in [-0.1, -0.05) is 38.1 Å². The number of hydrogen-bond donors (Lipinski definition) is 2. The Morgan fingerprint density at radius 1 is 1.33 bits per heavy atom. The van der Waals surface area contributed by atoms with Gasteiger partial charge >= 0.3 is 0 Å². The number of guanidine groups is 1. The van der Waals surface area contributed by atoms with E-state index in [9.17, 15) is 0 Å². The maximum absolute atomic E-state index is 5.13. The molecular formula is C17H29N3O. The van der Waals surface area contributed by atoms with Crippen molar-refractivity contribution in [1.82, 2.24) is 10.6 Å². The molecule has 1 rings (SSSR count). The predicted molar refractivity (Wildman–Crippen MR) is 90.0 cm³/mol. The Morgan fingerprint density at radius 2 is 2.00 bits per heavy atom. The van der Waals surface area contributed by atoms with Gasteiger partial charge < -0.3 is 15.4 Å². The van der Waals surface area contributed by atoms with E-state index in [1.807, 2.05) is 0 Å². The highest BCUT2D eigenvalue weighted by atomic mass is 16.5. The minimum absolute atomic E-state index is 0.0352. The van der Waals surface area contributed by atoms with Crippen molar-refractivity contribution in [3.8, 4) is 0 Å². The first-order valence-electron chi connectivity index (χ1n) is 7.43. The SMILES string of the molecule is CN=C(NCC(C)(C)c1ccccc1C)NC(C)COC. The topological polar surface area (TPSA) is 45.7 Å². The van der Waals surface area contributed by atoms with Crippen molar-refractivity contribution in [3.05, 3.63) is 35.4 Å². The third kappa shape index (κ3) is 5.38. The molecule has 4 nitrogen and oxygen atoms in total. The zero-order valence-electron chi connectivity index (χ0n) is 14.2. The number of ether oxygens (including phenoxy) is 1. The molecule has 0 saturated heterocycles. The second-order valence-corrected chi connectivity index (χ2v) is 6.13. The van der Waals surface area contributed by atoms with Gasteiger partial charge in [0.05, 0.1) is 6.61 Å². The normalized spacial score (nSPS) is 13.9. The largest absolute Gasteiger partial charge is 0.383 e. The Bertz CT molecular complexity index is 469. The summed E-state index contributed by atoms with van der Waals surface area (Å²) in [6, 6.07) is 8.75. The first kappa shape index (κ1) is 17.5. The number of hydrogen-bond acceptors (Lipinski definition) is 2. The van der Waals surface area contributed by atoms with Gasteiger partial charge in [0.15, 0.2) is 5.96 Å².